The van der Waals surface area contributed by atoms with E-state index < -0.39 is 0 Å². The second-order valence-corrected chi connectivity index (χ2v) is 6.94. The van der Waals surface area contributed by atoms with Crippen molar-refractivity contribution in [3.8, 4) is 0 Å². The van der Waals surface area contributed by atoms with Crippen molar-refractivity contribution >= 4 is 17.2 Å². The number of likely N-dealkylation sites (tertiary alicyclic amines) is 1. The van der Waals surface area contributed by atoms with Crippen LogP contribution in [0.4, 0.5) is 0 Å². The first-order valence-electron chi connectivity index (χ1n) is 6.90. The van der Waals surface area contributed by atoms with Crippen molar-refractivity contribution in [2.45, 2.75) is 45.6 Å². The Kier molecular flexibility index (Phi) is 4.58. The van der Waals surface area contributed by atoms with Gasteiger partial charge in [0.2, 0.25) is 5.91 Å². The molecule has 0 unspecified atom stereocenters. The minimum absolute atomic E-state index is 0.105. The Labute approximate surface area is 119 Å². The maximum atomic E-state index is 11.8. The summed E-state index contributed by atoms with van der Waals surface area (Å²) in [6, 6.07) is 0. The van der Waals surface area contributed by atoms with Gasteiger partial charge in [0.05, 0.1) is 17.2 Å². The van der Waals surface area contributed by atoms with Crippen molar-refractivity contribution in [3.05, 3.63) is 16.1 Å². The largest absolute Gasteiger partial charge is 0.342 e. The predicted molar refractivity (Wildman–Crippen MR) is 78.3 cm³/mol. The van der Waals surface area contributed by atoms with E-state index >= 15 is 0 Å². The molecule has 1 aromatic rings. The summed E-state index contributed by atoms with van der Waals surface area (Å²) in [6.07, 6.45) is 2.29. The van der Waals surface area contributed by atoms with Crippen LogP contribution in [0.2, 0.25) is 0 Å². The van der Waals surface area contributed by atoms with Crippen LogP contribution < -0.4 is 5.32 Å². The lowest BCUT2D eigenvalue weighted by Gasteiger charge is -2.15. The Hall–Kier alpha value is -0.940. The lowest BCUT2D eigenvalue weighted by Crippen LogP contribution is -2.36. The third-order valence-electron chi connectivity index (χ3n) is 3.23. The van der Waals surface area contributed by atoms with Gasteiger partial charge in [-0.3, -0.25) is 4.79 Å². The number of carbonyl (C=O) groups excluding carboxylic acids is 1. The van der Waals surface area contributed by atoms with Gasteiger partial charge in [-0.25, -0.2) is 4.98 Å². The van der Waals surface area contributed by atoms with Gasteiger partial charge < -0.3 is 10.2 Å². The third kappa shape index (κ3) is 4.01. The molecule has 1 fully saturated rings. The van der Waals surface area contributed by atoms with Crippen LogP contribution in [0.5, 0.6) is 0 Å². The third-order valence-corrected chi connectivity index (χ3v) is 4.55. The fourth-order valence-electron chi connectivity index (χ4n) is 2.11. The molecule has 0 aromatic carbocycles. The Balaban J connectivity index is 1.76. The van der Waals surface area contributed by atoms with Crippen LogP contribution in [0.1, 0.15) is 44.3 Å². The topological polar surface area (TPSA) is 45.2 Å². The van der Waals surface area contributed by atoms with Crippen molar-refractivity contribution in [2.24, 2.45) is 0 Å². The second kappa shape index (κ2) is 6.01. The van der Waals surface area contributed by atoms with E-state index in [2.05, 4.69) is 36.5 Å². The first kappa shape index (κ1) is 14.5. The zero-order valence-corrected chi connectivity index (χ0v) is 12.8. The van der Waals surface area contributed by atoms with E-state index in [1.165, 1.54) is 0 Å². The Morgan fingerprint density at radius 2 is 2.11 bits per heavy atom. The zero-order valence-electron chi connectivity index (χ0n) is 12.0. The minimum atomic E-state index is 0.105. The maximum absolute atomic E-state index is 11.8. The highest BCUT2D eigenvalue weighted by molar-refractivity contribution is 7.09. The van der Waals surface area contributed by atoms with Crippen LogP contribution in [0.15, 0.2) is 5.38 Å². The number of rotatable bonds is 4. The summed E-state index contributed by atoms with van der Waals surface area (Å²) >= 11 is 1.69. The monoisotopic (exact) mass is 281 g/mol. The average Bonchev–Trinajstić information content (AvgIpc) is 2.99. The van der Waals surface area contributed by atoms with Gasteiger partial charge in [0.1, 0.15) is 0 Å². The van der Waals surface area contributed by atoms with Crippen LogP contribution >= 0.6 is 11.3 Å². The smallest absolute Gasteiger partial charge is 0.236 e. The molecule has 2 heterocycles. The van der Waals surface area contributed by atoms with Crippen molar-refractivity contribution in [2.75, 3.05) is 19.6 Å². The van der Waals surface area contributed by atoms with Crippen LogP contribution in [0.25, 0.3) is 0 Å². The summed E-state index contributed by atoms with van der Waals surface area (Å²) in [6.45, 7) is 9.44. The normalized spacial score (nSPS) is 16.1. The molecule has 0 bridgehead atoms. The molecule has 1 amide bonds. The van der Waals surface area contributed by atoms with Gasteiger partial charge in [-0.2, -0.15) is 0 Å². The summed E-state index contributed by atoms with van der Waals surface area (Å²) in [7, 11) is 0. The molecule has 1 saturated heterocycles. The lowest BCUT2D eigenvalue weighted by atomic mass is 9.98. The standard InChI is InChI=1S/C14H23N3OS/c1-14(2,3)13-16-11(10-19-13)8-15-9-12(18)17-6-4-5-7-17/h10,15H,4-9H2,1-3H3. The first-order chi connectivity index (χ1) is 8.97. The molecule has 1 aliphatic rings. The lowest BCUT2D eigenvalue weighted by molar-refractivity contribution is -0.129. The number of nitrogens with zero attached hydrogens (tertiary/aromatic N) is 2. The highest BCUT2D eigenvalue weighted by Crippen LogP contribution is 2.25. The van der Waals surface area contributed by atoms with Crippen LogP contribution in [-0.2, 0) is 16.8 Å². The Morgan fingerprint density at radius 1 is 1.42 bits per heavy atom. The molecule has 5 heteroatoms. The van der Waals surface area contributed by atoms with E-state index in [0.717, 1.165) is 36.6 Å². The van der Waals surface area contributed by atoms with Crippen molar-refractivity contribution < 1.29 is 4.79 Å². The molecular weight excluding hydrogens is 258 g/mol. The molecule has 4 nitrogen and oxygen atoms in total. The summed E-state index contributed by atoms with van der Waals surface area (Å²) in [5.74, 6) is 0.212. The van der Waals surface area contributed by atoms with Gasteiger partial charge in [0.25, 0.3) is 0 Å². The Bertz CT molecular complexity index is 430. The number of hydrogen-bond donors (Lipinski definition) is 1. The molecule has 0 aliphatic carbocycles. The van der Waals surface area contributed by atoms with Crippen molar-refractivity contribution in [3.63, 3.8) is 0 Å². The Morgan fingerprint density at radius 3 is 2.68 bits per heavy atom. The van der Waals surface area contributed by atoms with E-state index in [0.29, 0.717) is 13.1 Å². The predicted octanol–water partition coefficient (Wildman–Crippen LogP) is 2.15. The van der Waals surface area contributed by atoms with E-state index in [-0.39, 0.29) is 11.3 Å². The van der Waals surface area contributed by atoms with Gasteiger partial charge >= 0.3 is 0 Å². The number of aromatic nitrogens is 1. The molecule has 0 spiro atoms. The quantitative estimate of drug-likeness (QED) is 0.920. The van der Waals surface area contributed by atoms with Gasteiger partial charge in [0, 0.05) is 30.4 Å². The highest BCUT2D eigenvalue weighted by atomic mass is 32.1. The number of nitrogens with one attached hydrogen (secondary N) is 1. The highest BCUT2D eigenvalue weighted by Gasteiger charge is 2.19. The summed E-state index contributed by atoms with van der Waals surface area (Å²) < 4.78 is 0. The van der Waals surface area contributed by atoms with Crippen molar-refractivity contribution in [1.82, 2.24) is 15.2 Å². The molecule has 0 atom stereocenters. The molecule has 1 N–H and O–H groups in total. The van der Waals surface area contributed by atoms with Gasteiger partial charge in [-0.15, -0.1) is 11.3 Å². The fourth-order valence-corrected chi connectivity index (χ4v) is 3.02. The second-order valence-electron chi connectivity index (χ2n) is 6.09. The molecule has 1 aromatic heterocycles. The van der Waals surface area contributed by atoms with Crippen LogP contribution in [0.3, 0.4) is 0 Å². The molecule has 1 aliphatic heterocycles. The summed E-state index contributed by atoms with van der Waals surface area (Å²) in [5.41, 5.74) is 1.14. The molecule has 0 saturated carbocycles. The van der Waals surface area contributed by atoms with Crippen LogP contribution in [0, 0.1) is 0 Å². The number of carbonyl (C=O) groups is 1. The minimum Gasteiger partial charge on any atom is -0.342 e. The van der Waals surface area contributed by atoms with E-state index in [1.807, 2.05) is 4.90 Å². The molecule has 0 radical (unpaired) electrons. The van der Waals surface area contributed by atoms with E-state index in [9.17, 15) is 4.79 Å². The fraction of sp³-hybridized carbons (Fsp3) is 0.714. The molecule has 106 valence electrons. The van der Waals surface area contributed by atoms with Gasteiger partial charge in [0.15, 0.2) is 0 Å². The average molecular weight is 281 g/mol. The molecule has 19 heavy (non-hydrogen) atoms. The zero-order chi connectivity index (χ0) is 13.9. The van der Waals surface area contributed by atoms with Gasteiger partial charge in [-0.05, 0) is 12.8 Å². The first-order valence-corrected chi connectivity index (χ1v) is 7.78. The van der Waals surface area contributed by atoms with E-state index in [1.54, 1.807) is 11.3 Å². The molecular formula is C14H23N3OS. The maximum Gasteiger partial charge on any atom is 0.236 e. The van der Waals surface area contributed by atoms with E-state index in [4.69, 9.17) is 0 Å². The summed E-state index contributed by atoms with van der Waals surface area (Å²) in [4.78, 5) is 18.4. The SMILES string of the molecule is CC(C)(C)c1nc(CNCC(=O)N2CCCC2)cs1. The number of thiazole rings is 1. The van der Waals surface area contributed by atoms with Gasteiger partial charge in [-0.1, -0.05) is 20.8 Å². The number of amides is 1. The van der Waals surface area contributed by atoms with Crippen molar-refractivity contribution in [1.29, 1.82) is 0 Å². The summed E-state index contributed by atoms with van der Waals surface area (Å²) in [5, 5.41) is 6.42. The van der Waals surface area contributed by atoms with Crippen LogP contribution in [-0.4, -0.2) is 35.4 Å². The molecule has 2 rings (SSSR count). The number of hydrogen-bond acceptors (Lipinski definition) is 4.